The van der Waals surface area contributed by atoms with Crippen molar-refractivity contribution in [3.8, 4) is 11.1 Å². The molecular weight excluding hydrogens is 286 g/mol. The van der Waals surface area contributed by atoms with E-state index in [1.807, 2.05) is 32.0 Å². The monoisotopic (exact) mass is 311 g/mol. The van der Waals surface area contributed by atoms with E-state index in [2.05, 4.69) is 48.6 Å². The molecule has 0 saturated heterocycles. The highest BCUT2D eigenvalue weighted by molar-refractivity contribution is 5.67. The summed E-state index contributed by atoms with van der Waals surface area (Å²) in [5.74, 6) is 0.593. The highest BCUT2D eigenvalue weighted by atomic mass is 16.5. The number of benzene rings is 2. The zero-order valence-corrected chi connectivity index (χ0v) is 14.1. The van der Waals surface area contributed by atoms with E-state index in [1.165, 1.54) is 16.7 Å². The number of hydrogen-bond donors (Lipinski definition) is 1. The first-order valence-electron chi connectivity index (χ1n) is 8.12. The van der Waals surface area contributed by atoms with Crippen LogP contribution in [0.3, 0.4) is 0 Å². The third-order valence-electron chi connectivity index (χ3n) is 3.69. The summed E-state index contributed by atoms with van der Waals surface area (Å²) in [6, 6.07) is 18.8. The lowest BCUT2D eigenvalue weighted by Gasteiger charge is -2.14. The molecule has 0 spiro atoms. The van der Waals surface area contributed by atoms with E-state index in [0.717, 1.165) is 0 Å². The van der Waals surface area contributed by atoms with Crippen molar-refractivity contribution in [1.29, 1.82) is 0 Å². The molecule has 0 aliphatic carbocycles. The van der Waals surface area contributed by atoms with E-state index in [0.29, 0.717) is 19.1 Å². The van der Waals surface area contributed by atoms with Gasteiger partial charge < -0.3 is 10.1 Å². The Kier molecular flexibility index (Phi) is 6.21. The summed E-state index contributed by atoms with van der Waals surface area (Å²) in [6.07, 6.45) is -0.341. The van der Waals surface area contributed by atoms with Gasteiger partial charge >= 0.3 is 6.09 Å². The number of ether oxygens (including phenoxy) is 1. The Hall–Kier alpha value is -2.29. The standard InChI is InChI=1S/C20H25NO2/c1-15(2)14-23-20(22)21-13-16(3)17-9-11-19(12-10-17)18-7-5-4-6-8-18/h4-12,15-16H,13-14H2,1-3H3,(H,21,22). The van der Waals surface area contributed by atoms with Crippen LogP contribution in [0.25, 0.3) is 11.1 Å². The maximum Gasteiger partial charge on any atom is 0.407 e. The molecule has 3 nitrogen and oxygen atoms in total. The number of rotatable bonds is 6. The Labute approximate surface area is 138 Å². The molecule has 23 heavy (non-hydrogen) atoms. The smallest absolute Gasteiger partial charge is 0.407 e. The molecule has 0 heterocycles. The van der Waals surface area contributed by atoms with E-state index in [-0.39, 0.29) is 12.0 Å². The summed E-state index contributed by atoms with van der Waals surface area (Å²) >= 11 is 0. The largest absolute Gasteiger partial charge is 0.449 e. The fraction of sp³-hybridized carbons (Fsp3) is 0.350. The van der Waals surface area contributed by atoms with Crippen molar-refractivity contribution < 1.29 is 9.53 Å². The van der Waals surface area contributed by atoms with Gasteiger partial charge in [-0.3, -0.25) is 0 Å². The van der Waals surface area contributed by atoms with Crippen molar-refractivity contribution in [1.82, 2.24) is 5.32 Å². The van der Waals surface area contributed by atoms with E-state index < -0.39 is 0 Å². The SMILES string of the molecule is CC(C)COC(=O)NCC(C)c1ccc(-c2ccccc2)cc1. The highest BCUT2D eigenvalue weighted by Crippen LogP contribution is 2.22. The van der Waals surface area contributed by atoms with Gasteiger partial charge in [0.25, 0.3) is 0 Å². The van der Waals surface area contributed by atoms with Gasteiger partial charge in [-0.25, -0.2) is 4.79 Å². The zero-order chi connectivity index (χ0) is 16.7. The molecular formula is C20H25NO2. The van der Waals surface area contributed by atoms with Crippen LogP contribution >= 0.6 is 0 Å². The Morgan fingerprint density at radius 1 is 0.957 bits per heavy atom. The lowest BCUT2D eigenvalue weighted by Crippen LogP contribution is -2.29. The second kappa shape index (κ2) is 8.37. The Balaban J connectivity index is 1.88. The predicted octanol–water partition coefficient (Wildman–Crippen LogP) is 4.84. The van der Waals surface area contributed by atoms with E-state index >= 15 is 0 Å². The summed E-state index contributed by atoms with van der Waals surface area (Å²) in [5.41, 5.74) is 3.61. The predicted molar refractivity (Wildman–Crippen MR) is 94.5 cm³/mol. The van der Waals surface area contributed by atoms with Gasteiger partial charge in [0.05, 0.1) is 6.61 Å². The van der Waals surface area contributed by atoms with Crippen molar-refractivity contribution in [3.63, 3.8) is 0 Å². The van der Waals surface area contributed by atoms with Gasteiger partial charge in [-0.15, -0.1) is 0 Å². The molecule has 0 aliphatic rings. The van der Waals surface area contributed by atoms with Gasteiger partial charge in [0.1, 0.15) is 0 Å². The third kappa shape index (κ3) is 5.44. The van der Waals surface area contributed by atoms with Crippen molar-refractivity contribution in [2.24, 2.45) is 5.92 Å². The first-order valence-corrected chi connectivity index (χ1v) is 8.12. The molecule has 0 aliphatic heterocycles. The van der Waals surface area contributed by atoms with Crippen molar-refractivity contribution in [2.45, 2.75) is 26.7 Å². The second-order valence-electron chi connectivity index (χ2n) is 6.26. The van der Waals surface area contributed by atoms with Crippen LogP contribution in [0.2, 0.25) is 0 Å². The zero-order valence-electron chi connectivity index (χ0n) is 14.1. The Morgan fingerprint density at radius 2 is 1.57 bits per heavy atom. The molecule has 2 aromatic carbocycles. The van der Waals surface area contributed by atoms with Gasteiger partial charge in [-0.2, -0.15) is 0 Å². The van der Waals surface area contributed by atoms with Crippen LogP contribution in [0, 0.1) is 5.92 Å². The second-order valence-corrected chi connectivity index (χ2v) is 6.26. The molecule has 122 valence electrons. The number of carbonyl (C=O) groups excluding carboxylic acids is 1. The Morgan fingerprint density at radius 3 is 2.17 bits per heavy atom. The number of carbonyl (C=O) groups is 1. The van der Waals surface area contributed by atoms with Crippen LogP contribution in [0.15, 0.2) is 54.6 Å². The van der Waals surface area contributed by atoms with E-state index in [4.69, 9.17) is 4.74 Å². The summed E-state index contributed by atoms with van der Waals surface area (Å²) in [5, 5.41) is 2.82. The lowest BCUT2D eigenvalue weighted by atomic mass is 9.97. The molecule has 0 radical (unpaired) electrons. The summed E-state index contributed by atoms with van der Waals surface area (Å²) < 4.78 is 5.12. The number of alkyl carbamates (subject to hydrolysis) is 1. The van der Waals surface area contributed by atoms with Crippen LogP contribution < -0.4 is 5.32 Å². The fourth-order valence-corrected chi connectivity index (χ4v) is 2.28. The first-order chi connectivity index (χ1) is 11.1. The number of nitrogens with one attached hydrogen (secondary N) is 1. The summed E-state index contributed by atoms with van der Waals surface area (Å²) in [7, 11) is 0. The van der Waals surface area contributed by atoms with Gasteiger partial charge in [-0.1, -0.05) is 75.4 Å². The molecule has 1 atom stereocenters. The average Bonchev–Trinajstić information content (AvgIpc) is 2.58. The summed E-state index contributed by atoms with van der Waals surface area (Å²) in [4.78, 5) is 11.6. The normalized spacial score (nSPS) is 12.0. The molecule has 2 rings (SSSR count). The molecule has 1 N–H and O–H groups in total. The minimum atomic E-state index is -0.341. The average molecular weight is 311 g/mol. The van der Waals surface area contributed by atoms with Crippen molar-refractivity contribution in [3.05, 3.63) is 60.2 Å². The highest BCUT2D eigenvalue weighted by Gasteiger charge is 2.09. The van der Waals surface area contributed by atoms with Crippen molar-refractivity contribution >= 4 is 6.09 Å². The molecule has 2 aromatic rings. The number of amides is 1. The molecule has 1 amide bonds. The molecule has 3 heteroatoms. The Bertz CT molecular complexity index is 605. The van der Waals surface area contributed by atoms with Crippen LogP contribution in [0.5, 0.6) is 0 Å². The maximum absolute atomic E-state index is 11.6. The van der Waals surface area contributed by atoms with Crippen LogP contribution in [0.4, 0.5) is 4.79 Å². The molecule has 0 fully saturated rings. The maximum atomic E-state index is 11.6. The summed E-state index contributed by atoms with van der Waals surface area (Å²) in [6.45, 7) is 7.15. The minimum Gasteiger partial charge on any atom is -0.449 e. The van der Waals surface area contributed by atoms with Gasteiger partial charge in [0, 0.05) is 6.54 Å². The third-order valence-corrected chi connectivity index (χ3v) is 3.69. The van der Waals surface area contributed by atoms with Gasteiger partial charge in [-0.05, 0) is 28.5 Å². The van der Waals surface area contributed by atoms with Crippen LogP contribution in [-0.2, 0) is 4.74 Å². The topological polar surface area (TPSA) is 38.3 Å². The fourth-order valence-electron chi connectivity index (χ4n) is 2.28. The van der Waals surface area contributed by atoms with E-state index in [9.17, 15) is 4.79 Å². The van der Waals surface area contributed by atoms with Gasteiger partial charge in [0.2, 0.25) is 0 Å². The van der Waals surface area contributed by atoms with Gasteiger partial charge in [0.15, 0.2) is 0 Å². The van der Waals surface area contributed by atoms with E-state index in [1.54, 1.807) is 0 Å². The molecule has 0 saturated carbocycles. The quantitative estimate of drug-likeness (QED) is 0.829. The number of hydrogen-bond acceptors (Lipinski definition) is 2. The minimum absolute atomic E-state index is 0.242. The van der Waals surface area contributed by atoms with Crippen LogP contribution in [-0.4, -0.2) is 19.2 Å². The molecule has 0 aromatic heterocycles. The first kappa shape index (κ1) is 17.1. The van der Waals surface area contributed by atoms with Crippen molar-refractivity contribution in [2.75, 3.05) is 13.2 Å². The molecule has 0 bridgehead atoms. The molecule has 1 unspecified atom stereocenters. The lowest BCUT2D eigenvalue weighted by molar-refractivity contribution is 0.132. The van der Waals surface area contributed by atoms with Crippen LogP contribution in [0.1, 0.15) is 32.3 Å².